The summed E-state index contributed by atoms with van der Waals surface area (Å²) in [6.45, 7) is -0.310. The van der Waals surface area contributed by atoms with Crippen molar-refractivity contribution in [1.82, 2.24) is 4.90 Å². The van der Waals surface area contributed by atoms with E-state index in [0.717, 1.165) is 49.1 Å². The zero-order valence-electron chi connectivity index (χ0n) is 14.4. The molecule has 1 spiro atoms. The van der Waals surface area contributed by atoms with E-state index in [1.54, 1.807) is 0 Å². The van der Waals surface area contributed by atoms with Crippen LogP contribution in [-0.4, -0.2) is 28.4 Å². The van der Waals surface area contributed by atoms with Crippen LogP contribution in [0.3, 0.4) is 0 Å². The minimum atomic E-state index is -4.51. The highest BCUT2D eigenvalue weighted by Gasteiger charge is 2.44. The summed E-state index contributed by atoms with van der Waals surface area (Å²) in [6, 6.07) is 4.34. The van der Waals surface area contributed by atoms with E-state index < -0.39 is 17.8 Å². The second kappa shape index (κ2) is 7.02. The molecule has 1 aliphatic heterocycles. The number of aliphatic hydroxyl groups is 1. The van der Waals surface area contributed by atoms with Gasteiger partial charge in [-0.3, -0.25) is 14.5 Å². The van der Waals surface area contributed by atoms with E-state index >= 15 is 0 Å². The molecule has 7 heteroatoms. The molecule has 1 unspecified atom stereocenters. The number of carbonyl (C=O) groups is 2. The van der Waals surface area contributed by atoms with Gasteiger partial charge in [-0.05, 0) is 36.0 Å². The van der Waals surface area contributed by atoms with Crippen LogP contribution in [0.15, 0.2) is 24.3 Å². The second-order valence-corrected chi connectivity index (χ2v) is 7.45. The quantitative estimate of drug-likeness (QED) is 0.824. The van der Waals surface area contributed by atoms with Crippen molar-refractivity contribution in [3.05, 3.63) is 35.4 Å². The lowest BCUT2D eigenvalue weighted by Crippen LogP contribution is -2.49. The molecule has 3 rings (SSSR count). The lowest BCUT2D eigenvalue weighted by molar-refractivity contribution is -0.156. The van der Waals surface area contributed by atoms with Crippen molar-refractivity contribution in [3.63, 3.8) is 0 Å². The lowest BCUT2D eigenvalue weighted by atomic mass is 9.67. The molecule has 2 amide bonds. The van der Waals surface area contributed by atoms with Gasteiger partial charge in [0.2, 0.25) is 11.8 Å². The fraction of sp³-hybridized carbons (Fsp3) is 0.579. The SMILES string of the molecule is O=C1CC2(CCCCC2)CC(=O)N1CC(O)c1cccc(C(F)(F)F)c1. The average Bonchev–Trinajstić information content (AvgIpc) is 2.58. The molecule has 1 atom stereocenters. The maximum atomic E-state index is 12.8. The number of carbonyl (C=O) groups excluding carboxylic acids is 2. The molecular weight excluding hydrogens is 347 g/mol. The number of aliphatic hydroxyl groups excluding tert-OH is 1. The Bertz CT molecular complexity index is 676. The summed E-state index contributed by atoms with van der Waals surface area (Å²) in [5.41, 5.74) is -1.09. The number of β-amino-alcohol motifs (C(OH)–C–C–N with tert-alkyl or cyclic N) is 1. The monoisotopic (exact) mass is 369 g/mol. The molecule has 1 N–H and O–H groups in total. The molecule has 1 aliphatic carbocycles. The molecule has 26 heavy (non-hydrogen) atoms. The molecule has 1 heterocycles. The molecular formula is C19H22F3NO3. The van der Waals surface area contributed by atoms with Gasteiger partial charge in [0, 0.05) is 12.8 Å². The highest BCUT2D eigenvalue weighted by molar-refractivity contribution is 5.98. The molecule has 142 valence electrons. The number of imide groups is 1. The largest absolute Gasteiger partial charge is 0.416 e. The molecule has 0 radical (unpaired) electrons. The maximum absolute atomic E-state index is 12.8. The molecule has 0 aromatic heterocycles. The number of nitrogens with zero attached hydrogens (tertiary/aromatic N) is 1. The van der Waals surface area contributed by atoms with E-state index in [1.165, 1.54) is 12.1 Å². The van der Waals surface area contributed by atoms with Gasteiger partial charge in [0.05, 0.1) is 18.2 Å². The van der Waals surface area contributed by atoms with Crippen molar-refractivity contribution in [3.8, 4) is 0 Å². The first kappa shape index (κ1) is 18.9. The lowest BCUT2D eigenvalue weighted by Gasteiger charge is -2.42. The summed E-state index contributed by atoms with van der Waals surface area (Å²) in [7, 11) is 0. The zero-order chi connectivity index (χ0) is 18.9. The van der Waals surface area contributed by atoms with Crippen LogP contribution in [0.5, 0.6) is 0 Å². The summed E-state index contributed by atoms with van der Waals surface area (Å²) in [5.74, 6) is -0.677. The molecule has 1 aromatic carbocycles. The number of alkyl halides is 3. The van der Waals surface area contributed by atoms with E-state index in [1.807, 2.05) is 0 Å². The van der Waals surface area contributed by atoms with E-state index in [0.29, 0.717) is 0 Å². The number of hydrogen-bond donors (Lipinski definition) is 1. The highest BCUT2D eigenvalue weighted by atomic mass is 19.4. The summed E-state index contributed by atoms with van der Waals surface area (Å²) in [6.07, 6.45) is -0.473. The fourth-order valence-electron chi connectivity index (χ4n) is 4.09. The van der Waals surface area contributed by atoms with Gasteiger partial charge < -0.3 is 5.11 Å². The third kappa shape index (κ3) is 3.92. The van der Waals surface area contributed by atoms with Gasteiger partial charge in [-0.25, -0.2) is 0 Å². The van der Waals surface area contributed by atoms with Crippen molar-refractivity contribution in [2.75, 3.05) is 6.54 Å². The molecule has 2 fully saturated rings. The molecule has 0 bridgehead atoms. The van der Waals surface area contributed by atoms with Gasteiger partial charge in [-0.15, -0.1) is 0 Å². The number of piperidine rings is 1. The van der Waals surface area contributed by atoms with E-state index in [4.69, 9.17) is 0 Å². The molecule has 4 nitrogen and oxygen atoms in total. The van der Waals surface area contributed by atoms with Crippen LogP contribution in [0, 0.1) is 5.41 Å². The number of hydrogen-bond acceptors (Lipinski definition) is 3. The van der Waals surface area contributed by atoms with E-state index in [-0.39, 0.29) is 42.2 Å². The Hall–Kier alpha value is -1.89. The van der Waals surface area contributed by atoms with Crippen molar-refractivity contribution < 1.29 is 27.9 Å². The van der Waals surface area contributed by atoms with Crippen LogP contribution in [0.1, 0.15) is 62.2 Å². The number of likely N-dealkylation sites (tertiary alicyclic amines) is 1. The van der Waals surface area contributed by atoms with Gasteiger partial charge in [0.25, 0.3) is 0 Å². The third-order valence-electron chi connectivity index (χ3n) is 5.52. The van der Waals surface area contributed by atoms with Crippen LogP contribution >= 0.6 is 0 Å². The van der Waals surface area contributed by atoms with Crippen molar-refractivity contribution in [1.29, 1.82) is 0 Å². The van der Waals surface area contributed by atoms with Crippen molar-refractivity contribution >= 4 is 11.8 Å². The molecule has 1 saturated heterocycles. The summed E-state index contributed by atoms with van der Waals surface area (Å²) in [5, 5.41) is 10.3. The van der Waals surface area contributed by atoms with Crippen LogP contribution in [0.25, 0.3) is 0 Å². The normalized spacial score (nSPS) is 21.9. The third-order valence-corrected chi connectivity index (χ3v) is 5.52. The summed E-state index contributed by atoms with van der Waals surface area (Å²) in [4.78, 5) is 26.0. The minimum absolute atomic E-state index is 0.0402. The Labute approximate surface area is 150 Å². The van der Waals surface area contributed by atoms with E-state index in [9.17, 15) is 27.9 Å². The predicted octanol–water partition coefficient (Wildman–Crippen LogP) is 3.84. The zero-order valence-corrected chi connectivity index (χ0v) is 14.4. The number of rotatable bonds is 3. The smallest absolute Gasteiger partial charge is 0.387 e. The van der Waals surface area contributed by atoms with Gasteiger partial charge in [-0.1, -0.05) is 31.4 Å². The Kier molecular flexibility index (Phi) is 5.10. The van der Waals surface area contributed by atoms with Crippen LogP contribution < -0.4 is 0 Å². The Morgan fingerprint density at radius 3 is 2.27 bits per heavy atom. The number of benzene rings is 1. The number of amides is 2. The Morgan fingerprint density at radius 2 is 1.69 bits per heavy atom. The summed E-state index contributed by atoms with van der Waals surface area (Å²) >= 11 is 0. The molecule has 1 saturated carbocycles. The number of halogens is 3. The first-order valence-electron chi connectivity index (χ1n) is 8.89. The highest BCUT2D eigenvalue weighted by Crippen LogP contribution is 2.45. The average molecular weight is 369 g/mol. The van der Waals surface area contributed by atoms with Crippen molar-refractivity contribution in [2.24, 2.45) is 5.41 Å². The topological polar surface area (TPSA) is 57.6 Å². The van der Waals surface area contributed by atoms with Crippen molar-refractivity contribution in [2.45, 2.75) is 57.2 Å². The first-order valence-corrected chi connectivity index (χ1v) is 8.89. The maximum Gasteiger partial charge on any atom is 0.416 e. The van der Waals surface area contributed by atoms with Gasteiger partial charge in [-0.2, -0.15) is 13.2 Å². The minimum Gasteiger partial charge on any atom is -0.387 e. The van der Waals surface area contributed by atoms with Crippen LogP contribution in [-0.2, 0) is 15.8 Å². The standard InChI is InChI=1S/C19H22F3NO3/c20-19(21,22)14-6-4-5-13(9-14)15(24)12-23-16(25)10-18(11-17(23)26)7-2-1-3-8-18/h4-6,9,15,24H,1-3,7-8,10-12H2. The van der Waals surface area contributed by atoms with Gasteiger partial charge >= 0.3 is 6.18 Å². The van der Waals surface area contributed by atoms with Crippen LogP contribution in [0.2, 0.25) is 0 Å². The summed E-state index contributed by atoms with van der Waals surface area (Å²) < 4.78 is 38.4. The molecule has 2 aliphatic rings. The Balaban J connectivity index is 1.71. The van der Waals surface area contributed by atoms with E-state index in [2.05, 4.69) is 0 Å². The second-order valence-electron chi connectivity index (χ2n) is 7.45. The van der Waals surface area contributed by atoms with Gasteiger partial charge in [0.1, 0.15) is 0 Å². The van der Waals surface area contributed by atoms with Gasteiger partial charge in [0.15, 0.2) is 0 Å². The fourth-order valence-corrected chi connectivity index (χ4v) is 4.09. The predicted molar refractivity (Wildman–Crippen MR) is 87.9 cm³/mol. The van der Waals surface area contributed by atoms with Crippen LogP contribution in [0.4, 0.5) is 13.2 Å². The first-order chi connectivity index (χ1) is 12.2. The Morgan fingerprint density at radius 1 is 1.08 bits per heavy atom. The molecule has 1 aromatic rings.